The zero-order valence-corrected chi connectivity index (χ0v) is 10.5. The Morgan fingerprint density at radius 2 is 2.41 bits per heavy atom. The van der Waals surface area contributed by atoms with E-state index in [0.29, 0.717) is 32.8 Å². The first-order chi connectivity index (χ1) is 8.27. The van der Waals surface area contributed by atoms with E-state index in [0.717, 1.165) is 19.4 Å². The van der Waals surface area contributed by atoms with Crippen LogP contribution in [0, 0.1) is 0 Å². The van der Waals surface area contributed by atoms with Crippen LogP contribution in [0.4, 0.5) is 4.79 Å². The number of nitrogens with zero attached hydrogens (tertiary/aromatic N) is 1. The number of ether oxygens (including phenoxy) is 2. The van der Waals surface area contributed by atoms with Gasteiger partial charge in [-0.05, 0) is 19.4 Å². The van der Waals surface area contributed by atoms with Crippen LogP contribution < -0.4 is 11.1 Å². The van der Waals surface area contributed by atoms with Gasteiger partial charge < -0.3 is 25.4 Å². The Balaban J connectivity index is 2.34. The number of nitrogens with one attached hydrogen (secondary N) is 1. The van der Waals surface area contributed by atoms with Gasteiger partial charge >= 0.3 is 6.03 Å². The van der Waals surface area contributed by atoms with Crippen LogP contribution in [0.15, 0.2) is 0 Å². The van der Waals surface area contributed by atoms with Gasteiger partial charge in [0.25, 0.3) is 0 Å². The SMILES string of the molecule is COCCN(CCCN)C(=O)NC1CCOC1. The average Bonchev–Trinajstić information content (AvgIpc) is 2.82. The van der Waals surface area contributed by atoms with Gasteiger partial charge in [0, 0.05) is 26.8 Å². The van der Waals surface area contributed by atoms with Crippen molar-refractivity contribution in [2.45, 2.75) is 18.9 Å². The summed E-state index contributed by atoms with van der Waals surface area (Å²) in [6.45, 7) is 3.73. The summed E-state index contributed by atoms with van der Waals surface area (Å²) < 4.78 is 10.2. The number of hydrogen-bond donors (Lipinski definition) is 2. The summed E-state index contributed by atoms with van der Waals surface area (Å²) in [4.78, 5) is 13.7. The zero-order chi connectivity index (χ0) is 12.5. The molecule has 0 spiro atoms. The molecule has 2 amide bonds. The maximum Gasteiger partial charge on any atom is 0.317 e. The van der Waals surface area contributed by atoms with Crippen molar-refractivity contribution in [2.24, 2.45) is 5.73 Å². The molecule has 1 saturated heterocycles. The molecule has 1 heterocycles. The van der Waals surface area contributed by atoms with E-state index in [1.54, 1.807) is 12.0 Å². The third-order valence-electron chi connectivity index (χ3n) is 2.74. The van der Waals surface area contributed by atoms with Gasteiger partial charge in [-0.1, -0.05) is 0 Å². The summed E-state index contributed by atoms with van der Waals surface area (Å²) >= 11 is 0. The summed E-state index contributed by atoms with van der Waals surface area (Å²) in [6.07, 6.45) is 1.69. The standard InChI is InChI=1S/C11H23N3O3/c1-16-8-6-14(5-2-4-12)11(15)13-10-3-7-17-9-10/h10H,2-9,12H2,1H3,(H,13,15). The quantitative estimate of drug-likeness (QED) is 0.650. The van der Waals surface area contributed by atoms with Crippen LogP contribution in [0.2, 0.25) is 0 Å². The maximum absolute atomic E-state index is 12.0. The van der Waals surface area contributed by atoms with Gasteiger partial charge in [-0.15, -0.1) is 0 Å². The predicted octanol–water partition coefficient (Wildman–Crippen LogP) is -0.218. The first-order valence-electron chi connectivity index (χ1n) is 6.10. The maximum atomic E-state index is 12.0. The third kappa shape index (κ3) is 5.34. The van der Waals surface area contributed by atoms with Crippen molar-refractivity contribution >= 4 is 6.03 Å². The lowest BCUT2D eigenvalue weighted by atomic mass is 10.3. The molecule has 0 bridgehead atoms. The van der Waals surface area contributed by atoms with Crippen molar-refractivity contribution in [2.75, 3.05) is 46.6 Å². The first-order valence-corrected chi connectivity index (χ1v) is 6.10. The Kier molecular flexibility index (Phi) is 6.91. The van der Waals surface area contributed by atoms with Crippen molar-refractivity contribution in [3.05, 3.63) is 0 Å². The highest BCUT2D eigenvalue weighted by molar-refractivity contribution is 5.74. The molecular weight excluding hydrogens is 222 g/mol. The zero-order valence-electron chi connectivity index (χ0n) is 10.5. The molecule has 0 aromatic carbocycles. The van der Waals surface area contributed by atoms with Crippen molar-refractivity contribution in [1.82, 2.24) is 10.2 Å². The molecule has 17 heavy (non-hydrogen) atoms. The Morgan fingerprint density at radius 3 is 3.00 bits per heavy atom. The molecule has 100 valence electrons. The second-order valence-electron chi connectivity index (χ2n) is 4.13. The number of amides is 2. The van der Waals surface area contributed by atoms with Crippen LogP contribution in [0.25, 0.3) is 0 Å². The fourth-order valence-corrected chi connectivity index (χ4v) is 1.71. The van der Waals surface area contributed by atoms with Crippen LogP contribution in [-0.4, -0.2) is 63.5 Å². The second kappa shape index (κ2) is 8.27. The molecule has 1 atom stereocenters. The van der Waals surface area contributed by atoms with Gasteiger partial charge in [0.15, 0.2) is 0 Å². The van der Waals surface area contributed by atoms with E-state index in [9.17, 15) is 4.79 Å². The van der Waals surface area contributed by atoms with E-state index < -0.39 is 0 Å². The number of rotatable bonds is 7. The number of carbonyl (C=O) groups is 1. The van der Waals surface area contributed by atoms with Gasteiger partial charge in [0.1, 0.15) is 0 Å². The Hall–Kier alpha value is -0.850. The van der Waals surface area contributed by atoms with Crippen LogP contribution in [0.5, 0.6) is 0 Å². The van der Waals surface area contributed by atoms with E-state index in [4.69, 9.17) is 15.2 Å². The highest BCUT2D eigenvalue weighted by atomic mass is 16.5. The fourth-order valence-electron chi connectivity index (χ4n) is 1.71. The topological polar surface area (TPSA) is 76.8 Å². The molecule has 0 aromatic rings. The Bertz CT molecular complexity index is 212. The Morgan fingerprint density at radius 1 is 1.59 bits per heavy atom. The molecule has 3 N–H and O–H groups in total. The van der Waals surface area contributed by atoms with Gasteiger partial charge in [0.2, 0.25) is 0 Å². The summed E-state index contributed by atoms with van der Waals surface area (Å²) in [6, 6.07) is 0.0939. The molecule has 1 rings (SSSR count). The number of urea groups is 1. The average molecular weight is 245 g/mol. The normalized spacial score (nSPS) is 19.3. The van der Waals surface area contributed by atoms with E-state index >= 15 is 0 Å². The second-order valence-corrected chi connectivity index (χ2v) is 4.13. The van der Waals surface area contributed by atoms with Crippen molar-refractivity contribution < 1.29 is 14.3 Å². The molecular formula is C11H23N3O3. The minimum absolute atomic E-state index is 0.0500. The van der Waals surface area contributed by atoms with E-state index in [1.807, 2.05) is 0 Å². The summed E-state index contributed by atoms with van der Waals surface area (Å²) in [5, 5.41) is 2.96. The lowest BCUT2D eigenvalue weighted by Crippen LogP contribution is -2.46. The molecule has 1 unspecified atom stereocenters. The highest BCUT2D eigenvalue weighted by Gasteiger charge is 2.20. The van der Waals surface area contributed by atoms with E-state index in [1.165, 1.54) is 0 Å². The smallest absolute Gasteiger partial charge is 0.317 e. The number of methoxy groups -OCH3 is 1. The van der Waals surface area contributed by atoms with Crippen molar-refractivity contribution in [3.63, 3.8) is 0 Å². The number of nitrogens with two attached hydrogens (primary N) is 1. The molecule has 6 heteroatoms. The summed E-state index contributed by atoms with van der Waals surface area (Å²) in [5.41, 5.74) is 5.46. The molecule has 0 aliphatic carbocycles. The van der Waals surface area contributed by atoms with Crippen LogP contribution in [-0.2, 0) is 9.47 Å². The number of hydrogen-bond acceptors (Lipinski definition) is 4. The molecule has 0 aromatic heterocycles. The van der Waals surface area contributed by atoms with Crippen LogP contribution in [0.1, 0.15) is 12.8 Å². The fraction of sp³-hybridized carbons (Fsp3) is 0.909. The van der Waals surface area contributed by atoms with E-state index in [-0.39, 0.29) is 12.1 Å². The van der Waals surface area contributed by atoms with Gasteiger partial charge in [-0.2, -0.15) is 0 Å². The number of carbonyl (C=O) groups excluding carboxylic acids is 1. The van der Waals surface area contributed by atoms with Gasteiger partial charge in [0.05, 0.1) is 19.3 Å². The molecule has 1 fully saturated rings. The highest BCUT2D eigenvalue weighted by Crippen LogP contribution is 2.04. The third-order valence-corrected chi connectivity index (χ3v) is 2.74. The predicted molar refractivity (Wildman–Crippen MR) is 64.9 cm³/mol. The summed E-state index contributed by atoms with van der Waals surface area (Å²) in [5.74, 6) is 0. The lowest BCUT2D eigenvalue weighted by Gasteiger charge is -2.24. The monoisotopic (exact) mass is 245 g/mol. The lowest BCUT2D eigenvalue weighted by molar-refractivity contribution is 0.145. The minimum Gasteiger partial charge on any atom is -0.383 e. The minimum atomic E-state index is -0.0500. The summed E-state index contributed by atoms with van der Waals surface area (Å²) in [7, 11) is 1.63. The van der Waals surface area contributed by atoms with Gasteiger partial charge in [-0.3, -0.25) is 0 Å². The first kappa shape index (κ1) is 14.2. The molecule has 0 radical (unpaired) electrons. The van der Waals surface area contributed by atoms with Gasteiger partial charge in [-0.25, -0.2) is 4.79 Å². The van der Waals surface area contributed by atoms with Crippen molar-refractivity contribution in [3.8, 4) is 0 Å². The van der Waals surface area contributed by atoms with Crippen molar-refractivity contribution in [1.29, 1.82) is 0 Å². The molecule has 1 aliphatic rings. The molecule has 0 saturated carbocycles. The van der Waals surface area contributed by atoms with Crippen LogP contribution >= 0.6 is 0 Å². The van der Waals surface area contributed by atoms with Crippen LogP contribution in [0.3, 0.4) is 0 Å². The molecule has 6 nitrogen and oxygen atoms in total. The Labute approximate surface area is 102 Å². The van der Waals surface area contributed by atoms with E-state index in [2.05, 4.69) is 5.32 Å². The largest absolute Gasteiger partial charge is 0.383 e. The molecule has 1 aliphatic heterocycles.